The molecule has 0 heterocycles. The Morgan fingerprint density at radius 2 is 2.00 bits per heavy atom. The van der Waals surface area contributed by atoms with Crippen molar-refractivity contribution >= 4 is 33.4 Å². The van der Waals surface area contributed by atoms with E-state index in [-0.39, 0.29) is 11.3 Å². The summed E-state index contributed by atoms with van der Waals surface area (Å²) in [5.74, 6) is -0.0498. The van der Waals surface area contributed by atoms with Crippen LogP contribution in [-0.4, -0.2) is 24.4 Å². The second-order valence-corrected chi connectivity index (χ2v) is 6.67. The van der Waals surface area contributed by atoms with E-state index in [0.717, 1.165) is 4.47 Å². The van der Waals surface area contributed by atoms with Gasteiger partial charge in [-0.25, -0.2) is 0 Å². The van der Waals surface area contributed by atoms with Gasteiger partial charge in [-0.2, -0.15) is 0 Å². The van der Waals surface area contributed by atoms with E-state index < -0.39 is 0 Å². The molecule has 2 nitrogen and oxygen atoms in total. The molecule has 94 valence electrons. The lowest BCUT2D eigenvalue weighted by Gasteiger charge is -2.27. The fraction of sp³-hybridized carbons (Fsp3) is 0.462. The van der Waals surface area contributed by atoms with Crippen molar-refractivity contribution in [3.8, 4) is 0 Å². The first-order chi connectivity index (χ1) is 7.70. The molecule has 0 radical (unpaired) electrons. The van der Waals surface area contributed by atoms with Gasteiger partial charge in [0.1, 0.15) is 0 Å². The quantitative estimate of drug-likeness (QED) is 0.799. The highest BCUT2D eigenvalue weighted by atomic mass is 79.9. The van der Waals surface area contributed by atoms with Gasteiger partial charge in [-0.3, -0.25) is 4.79 Å². The van der Waals surface area contributed by atoms with Crippen molar-refractivity contribution in [2.75, 3.05) is 13.6 Å². The van der Waals surface area contributed by atoms with Crippen molar-refractivity contribution in [2.45, 2.75) is 20.8 Å². The number of carbonyl (C=O) groups excluding carboxylic acids is 1. The van der Waals surface area contributed by atoms with E-state index in [2.05, 4.69) is 36.7 Å². The average molecular weight is 319 g/mol. The molecule has 0 atom stereocenters. The molecule has 0 aromatic heterocycles. The van der Waals surface area contributed by atoms with Gasteiger partial charge in [0.05, 0.1) is 10.6 Å². The summed E-state index contributed by atoms with van der Waals surface area (Å²) in [6.07, 6.45) is 0. The van der Waals surface area contributed by atoms with Crippen molar-refractivity contribution in [1.82, 2.24) is 4.90 Å². The van der Waals surface area contributed by atoms with E-state index >= 15 is 0 Å². The predicted octanol–water partition coefficient (Wildman–Crippen LogP) is 4.22. The molecule has 1 aromatic carbocycles. The minimum absolute atomic E-state index is 0.0498. The Bertz CT molecular complexity index is 426. The number of hydrogen-bond acceptors (Lipinski definition) is 1. The molecule has 0 aliphatic carbocycles. The van der Waals surface area contributed by atoms with Gasteiger partial charge in [0.15, 0.2) is 0 Å². The summed E-state index contributed by atoms with van der Waals surface area (Å²) >= 11 is 9.38. The highest BCUT2D eigenvalue weighted by molar-refractivity contribution is 9.10. The van der Waals surface area contributed by atoms with Gasteiger partial charge < -0.3 is 4.90 Å². The molecule has 17 heavy (non-hydrogen) atoms. The van der Waals surface area contributed by atoms with Crippen LogP contribution < -0.4 is 0 Å². The molecule has 0 spiro atoms. The molecule has 0 unspecified atom stereocenters. The minimum atomic E-state index is -0.0498. The first kappa shape index (κ1) is 14.5. The number of hydrogen-bond donors (Lipinski definition) is 0. The van der Waals surface area contributed by atoms with Crippen LogP contribution in [0.25, 0.3) is 0 Å². The van der Waals surface area contributed by atoms with E-state index in [1.54, 1.807) is 24.1 Å². The summed E-state index contributed by atoms with van der Waals surface area (Å²) in [7, 11) is 1.80. The number of nitrogens with zero attached hydrogens (tertiary/aromatic N) is 1. The molecular weight excluding hydrogens is 302 g/mol. The van der Waals surface area contributed by atoms with Gasteiger partial charge >= 0.3 is 0 Å². The molecule has 0 bridgehead atoms. The third kappa shape index (κ3) is 4.32. The Kier molecular flexibility index (Phi) is 4.62. The smallest absolute Gasteiger partial charge is 0.255 e. The monoisotopic (exact) mass is 317 g/mol. The summed E-state index contributed by atoms with van der Waals surface area (Å²) in [5.41, 5.74) is 0.607. The zero-order valence-electron chi connectivity index (χ0n) is 10.6. The fourth-order valence-corrected chi connectivity index (χ4v) is 2.21. The van der Waals surface area contributed by atoms with Crippen molar-refractivity contribution in [1.29, 1.82) is 0 Å². The van der Waals surface area contributed by atoms with Crippen molar-refractivity contribution in [2.24, 2.45) is 5.41 Å². The van der Waals surface area contributed by atoms with E-state index in [1.165, 1.54) is 0 Å². The summed E-state index contributed by atoms with van der Waals surface area (Å²) in [6, 6.07) is 5.30. The molecule has 0 aliphatic rings. The lowest BCUT2D eigenvalue weighted by atomic mass is 9.96. The van der Waals surface area contributed by atoms with Crippen LogP contribution in [-0.2, 0) is 0 Å². The Hall–Kier alpha value is -0.540. The summed E-state index contributed by atoms with van der Waals surface area (Å²) in [4.78, 5) is 13.9. The number of benzene rings is 1. The molecule has 0 fully saturated rings. The number of rotatable bonds is 2. The van der Waals surface area contributed by atoms with Crippen LogP contribution in [0.5, 0.6) is 0 Å². The Morgan fingerprint density at radius 1 is 1.41 bits per heavy atom. The molecule has 0 saturated heterocycles. The van der Waals surface area contributed by atoms with Crippen LogP contribution in [0.4, 0.5) is 0 Å². The number of halogens is 2. The standard InChI is InChI=1S/C13H17BrClNO/c1-13(2,3)8-16(4)12(17)10-7-9(14)5-6-11(10)15/h5-7H,8H2,1-4H3. The highest BCUT2D eigenvalue weighted by Crippen LogP contribution is 2.23. The van der Waals surface area contributed by atoms with Crippen LogP contribution in [0.2, 0.25) is 5.02 Å². The summed E-state index contributed by atoms with van der Waals surface area (Å²) in [6.45, 7) is 6.98. The van der Waals surface area contributed by atoms with E-state index in [0.29, 0.717) is 17.1 Å². The summed E-state index contributed by atoms with van der Waals surface area (Å²) < 4.78 is 0.856. The fourth-order valence-electron chi connectivity index (χ4n) is 1.65. The molecule has 1 rings (SSSR count). The first-order valence-electron chi connectivity index (χ1n) is 5.41. The van der Waals surface area contributed by atoms with E-state index in [9.17, 15) is 4.79 Å². The zero-order valence-corrected chi connectivity index (χ0v) is 12.9. The highest BCUT2D eigenvalue weighted by Gasteiger charge is 2.20. The van der Waals surface area contributed by atoms with Crippen molar-refractivity contribution in [3.05, 3.63) is 33.3 Å². The van der Waals surface area contributed by atoms with Gasteiger partial charge in [-0.05, 0) is 23.6 Å². The lowest BCUT2D eigenvalue weighted by Crippen LogP contribution is -2.34. The SMILES string of the molecule is CN(CC(C)(C)C)C(=O)c1cc(Br)ccc1Cl. The van der Waals surface area contributed by atoms with Crippen LogP contribution in [0.3, 0.4) is 0 Å². The number of carbonyl (C=O) groups is 1. The van der Waals surface area contributed by atoms with Crippen LogP contribution >= 0.6 is 27.5 Å². The maximum absolute atomic E-state index is 12.2. The molecule has 0 N–H and O–H groups in total. The third-order valence-corrected chi connectivity index (χ3v) is 3.04. The molecule has 1 aromatic rings. The Morgan fingerprint density at radius 3 is 2.53 bits per heavy atom. The topological polar surface area (TPSA) is 20.3 Å². The summed E-state index contributed by atoms with van der Waals surface area (Å²) in [5, 5.41) is 0.485. The average Bonchev–Trinajstić information content (AvgIpc) is 2.18. The first-order valence-corrected chi connectivity index (χ1v) is 6.58. The molecule has 0 saturated carbocycles. The zero-order chi connectivity index (χ0) is 13.2. The Labute approximate surface area is 116 Å². The van der Waals surface area contributed by atoms with Crippen molar-refractivity contribution < 1.29 is 4.79 Å². The van der Waals surface area contributed by atoms with Crippen LogP contribution in [0.1, 0.15) is 31.1 Å². The van der Waals surface area contributed by atoms with E-state index in [4.69, 9.17) is 11.6 Å². The molecule has 0 aliphatic heterocycles. The van der Waals surface area contributed by atoms with Gasteiger partial charge in [-0.1, -0.05) is 48.3 Å². The molecular formula is C13H17BrClNO. The second kappa shape index (κ2) is 5.40. The van der Waals surface area contributed by atoms with Gasteiger partial charge in [0.25, 0.3) is 5.91 Å². The van der Waals surface area contributed by atoms with Crippen LogP contribution in [0.15, 0.2) is 22.7 Å². The maximum Gasteiger partial charge on any atom is 0.255 e. The molecule has 4 heteroatoms. The van der Waals surface area contributed by atoms with Crippen LogP contribution in [0, 0.1) is 5.41 Å². The Balaban J connectivity index is 2.93. The largest absolute Gasteiger partial charge is 0.341 e. The third-order valence-electron chi connectivity index (χ3n) is 2.22. The lowest BCUT2D eigenvalue weighted by molar-refractivity contribution is 0.0746. The normalized spacial score (nSPS) is 11.4. The predicted molar refractivity (Wildman–Crippen MR) is 75.6 cm³/mol. The minimum Gasteiger partial charge on any atom is -0.341 e. The van der Waals surface area contributed by atoms with E-state index in [1.807, 2.05) is 6.07 Å². The van der Waals surface area contributed by atoms with Gasteiger partial charge in [-0.15, -0.1) is 0 Å². The number of amides is 1. The molecule has 1 amide bonds. The maximum atomic E-state index is 12.2. The second-order valence-electron chi connectivity index (χ2n) is 5.35. The van der Waals surface area contributed by atoms with Gasteiger partial charge in [0.2, 0.25) is 0 Å². The van der Waals surface area contributed by atoms with Crippen molar-refractivity contribution in [3.63, 3.8) is 0 Å². The van der Waals surface area contributed by atoms with Gasteiger partial charge in [0, 0.05) is 18.1 Å².